The van der Waals surface area contributed by atoms with E-state index in [1.807, 2.05) is 6.92 Å². The van der Waals surface area contributed by atoms with Gasteiger partial charge in [-0.3, -0.25) is 0 Å². The third-order valence-corrected chi connectivity index (χ3v) is 7.04. The lowest BCUT2D eigenvalue weighted by Gasteiger charge is -2.22. The van der Waals surface area contributed by atoms with Crippen molar-refractivity contribution < 1.29 is 12.8 Å². The van der Waals surface area contributed by atoms with Crippen LogP contribution in [0.5, 0.6) is 0 Å². The van der Waals surface area contributed by atoms with Crippen LogP contribution in [0.2, 0.25) is 0 Å². The molecule has 0 bridgehead atoms. The highest BCUT2D eigenvalue weighted by molar-refractivity contribution is 9.10. The number of halogens is 1. The lowest BCUT2D eigenvalue weighted by Crippen LogP contribution is -2.35. The Bertz CT molecular complexity index is 610. The van der Waals surface area contributed by atoms with E-state index in [-0.39, 0.29) is 10.9 Å². The van der Waals surface area contributed by atoms with Crippen molar-refractivity contribution in [3.8, 4) is 0 Å². The fourth-order valence-electron chi connectivity index (χ4n) is 2.85. The average molecular weight is 377 g/mol. The van der Waals surface area contributed by atoms with E-state index in [2.05, 4.69) is 21.2 Å². The van der Waals surface area contributed by atoms with Crippen LogP contribution in [0.15, 0.2) is 20.0 Å². The summed E-state index contributed by atoms with van der Waals surface area (Å²) in [7, 11) is -3.47. The minimum absolute atomic E-state index is 0.116. The molecular weight excluding hydrogens is 356 g/mol. The first kappa shape index (κ1) is 15.5. The fourth-order valence-corrected chi connectivity index (χ4v) is 5.58. The summed E-state index contributed by atoms with van der Waals surface area (Å²) in [5.41, 5.74) is 0. The van der Waals surface area contributed by atoms with Crippen molar-refractivity contribution in [1.82, 2.24) is 9.62 Å². The lowest BCUT2D eigenvalue weighted by molar-refractivity contribution is 0.378. The Morgan fingerprint density at radius 3 is 2.86 bits per heavy atom. The zero-order valence-electron chi connectivity index (χ0n) is 12.1. The molecule has 1 N–H and O–H groups in total. The highest BCUT2D eigenvalue weighted by Gasteiger charge is 2.36. The zero-order chi connectivity index (χ0) is 15.0. The number of furan rings is 1. The van der Waals surface area contributed by atoms with Crippen LogP contribution < -0.4 is 5.32 Å². The molecule has 2 fully saturated rings. The second kappa shape index (κ2) is 6.02. The van der Waals surface area contributed by atoms with Gasteiger partial charge in [-0.15, -0.1) is 0 Å². The van der Waals surface area contributed by atoms with E-state index in [9.17, 15) is 8.42 Å². The molecule has 21 heavy (non-hydrogen) atoms. The summed E-state index contributed by atoms with van der Waals surface area (Å²) >= 11 is 3.26. The molecule has 1 aromatic rings. The summed E-state index contributed by atoms with van der Waals surface area (Å²) in [5.74, 6) is 0.666. The molecule has 2 heterocycles. The molecule has 1 aromatic heterocycles. The van der Waals surface area contributed by atoms with Crippen LogP contribution in [-0.2, 0) is 16.6 Å². The third-order valence-electron chi connectivity index (χ3n) is 4.23. The second-order valence-corrected chi connectivity index (χ2v) is 8.41. The maximum Gasteiger partial charge on any atom is 0.247 e. The van der Waals surface area contributed by atoms with E-state index in [1.54, 1.807) is 10.4 Å². The van der Waals surface area contributed by atoms with Gasteiger partial charge in [0.05, 0.1) is 6.54 Å². The molecule has 1 saturated carbocycles. The summed E-state index contributed by atoms with van der Waals surface area (Å²) in [5, 5.41) is 3.33. The minimum atomic E-state index is -3.47. The van der Waals surface area contributed by atoms with Crippen LogP contribution in [0.3, 0.4) is 0 Å². The van der Waals surface area contributed by atoms with Gasteiger partial charge in [-0.25, -0.2) is 8.42 Å². The van der Waals surface area contributed by atoms with Crippen LogP contribution in [0.4, 0.5) is 0 Å². The van der Waals surface area contributed by atoms with Crippen molar-refractivity contribution in [3.05, 3.63) is 16.5 Å². The molecule has 0 amide bonds. The zero-order valence-corrected chi connectivity index (χ0v) is 14.5. The number of rotatable bonds is 6. The molecule has 0 aromatic carbocycles. The highest BCUT2D eigenvalue weighted by Crippen LogP contribution is 2.33. The topological polar surface area (TPSA) is 62.6 Å². The molecule has 1 atom stereocenters. The van der Waals surface area contributed by atoms with Gasteiger partial charge in [0.25, 0.3) is 0 Å². The molecule has 1 saturated heterocycles. The molecule has 2 aliphatic rings. The van der Waals surface area contributed by atoms with Crippen LogP contribution in [0.1, 0.15) is 44.8 Å². The average Bonchev–Trinajstić information content (AvgIpc) is 3.00. The van der Waals surface area contributed by atoms with Gasteiger partial charge in [-0.1, -0.05) is 6.92 Å². The van der Waals surface area contributed by atoms with Crippen molar-refractivity contribution in [1.29, 1.82) is 0 Å². The first-order chi connectivity index (χ1) is 10.0. The maximum atomic E-state index is 12.8. The van der Waals surface area contributed by atoms with Crippen LogP contribution in [0.25, 0.3) is 0 Å². The van der Waals surface area contributed by atoms with Gasteiger partial charge in [0.15, 0.2) is 4.67 Å². The van der Waals surface area contributed by atoms with Crippen molar-refractivity contribution in [2.75, 3.05) is 6.54 Å². The molecule has 0 spiro atoms. The van der Waals surface area contributed by atoms with Crippen LogP contribution in [0, 0.1) is 0 Å². The lowest BCUT2D eigenvalue weighted by atomic mass is 10.2. The Hall–Kier alpha value is -0.370. The maximum absolute atomic E-state index is 12.8. The molecule has 0 radical (unpaired) electrons. The van der Waals surface area contributed by atoms with E-state index >= 15 is 0 Å². The fraction of sp³-hybridized carbons (Fsp3) is 0.714. The number of nitrogens with one attached hydrogen (secondary N) is 1. The summed E-state index contributed by atoms with van der Waals surface area (Å²) in [6.45, 7) is 3.22. The van der Waals surface area contributed by atoms with E-state index in [0.29, 0.717) is 29.6 Å². The molecule has 1 aliphatic heterocycles. The molecule has 7 heteroatoms. The first-order valence-electron chi connectivity index (χ1n) is 7.55. The molecule has 1 aliphatic carbocycles. The van der Waals surface area contributed by atoms with Crippen molar-refractivity contribution in [2.24, 2.45) is 0 Å². The monoisotopic (exact) mass is 376 g/mol. The van der Waals surface area contributed by atoms with E-state index in [0.717, 1.165) is 19.3 Å². The number of sulfonamides is 1. The van der Waals surface area contributed by atoms with E-state index in [1.165, 1.54) is 12.8 Å². The van der Waals surface area contributed by atoms with Crippen molar-refractivity contribution in [2.45, 2.75) is 62.6 Å². The normalized spacial score (nSPS) is 23.8. The van der Waals surface area contributed by atoms with Gasteiger partial charge < -0.3 is 9.73 Å². The summed E-state index contributed by atoms with van der Waals surface area (Å²) in [6.07, 6.45) is 5.12. The Morgan fingerprint density at radius 2 is 2.19 bits per heavy atom. The summed E-state index contributed by atoms with van der Waals surface area (Å²) in [6, 6.07) is 2.33. The van der Waals surface area contributed by atoms with Crippen molar-refractivity contribution >= 4 is 26.0 Å². The Kier molecular flexibility index (Phi) is 4.45. The van der Waals surface area contributed by atoms with Gasteiger partial charge in [0, 0.05) is 24.7 Å². The molecule has 3 rings (SSSR count). The Labute approximate surface area is 134 Å². The summed E-state index contributed by atoms with van der Waals surface area (Å²) in [4.78, 5) is 0.260. The van der Waals surface area contributed by atoms with Gasteiger partial charge in [-0.2, -0.15) is 4.31 Å². The SMILES string of the molecule is CCC1CCCN1S(=O)(=O)c1cc(CNC2CC2)oc1Br. The number of hydrogen-bond donors (Lipinski definition) is 1. The van der Waals surface area contributed by atoms with Crippen LogP contribution in [-0.4, -0.2) is 31.4 Å². The largest absolute Gasteiger partial charge is 0.452 e. The van der Waals surface area contributed by atoms with Gasteiger partial charge in [0.1, 0.15) is 10.7 Å². The number of hydrogen-bond acceptors (Lipinski definition) is 4. The second-order valence-electron chi connectivity index (χ2n) is 5.83. The van der Waals surface area contributed by atoms with E-state index < -0.39 is 10.0 Å². The molecule has 118 valence electrons. The van der Waals surface area contributed by atoms with Crippen molar-refractivity contribution in [3.63, 3.8) is 0 Å². The quantitative estimate of drug-likeness (QED) is 0.828. The third kappa shape index (κ3) is 3.21. The molecular formula is C14H21BrN2O3S. The predicted molar refractivity (Wildman–Crippen MR) is 83.5 cm³/mol. The minimum Gasteiger partial charge on any atom is -0.452 e. The molecule has 5 nitrogen and oxygen atoms in total. The van der Waals surface area contributed by atoms with Gasteiger partial charge >= 0.3 is 0 Å². The molecule has 1 unspecified atom stereocenters. The highest BCUT2D eigenvalue weighted by atomic mass is 79.9. The van der Waals surface area contributed by atoms with Gasteiger partial charge in [0.2, 0.25) is 10.0 Å². The summed E-state index contributed by atoms with van der Waals surface area (Å²) < 4.78 is 33.1. The first-order valence-corrected chi connectivity index (χ1v) is 9.79. The Balaban J connectivity index is 1.80. The van der Waals surface area contributed by atoms with Gasteiger partial charge in [-0.05, 0) is 48.0 Å². The number of nitrogens with zero attached hydrogens (tertiary/aromatic N) is 1. The van der Waals surface area contributed by atoms with Crippen LogP contribution >= 0.6 is 15.9 Å². The Morgan fingerprint density at radius 1 is 1.43 bits per heavy atom. The smallest absolute Gasteiger partial charge is 0.247 e. The van der Waals surface area contributed by atoms with E-state index in [4.69, 9.17) is 4.42 Å². The predicted octanol–water partition coefficient (Wildman–Crippen LogP) is 2.86. The standard InChI is InChI=1S/C14H21BrN2O3S/c1-2-11-4-3-7-17(11)21(18,19)13-8-12(20-14(13)15)9-16-10-5-6-10/h8,10-11,16H,2-7,9H2,1H3.